The molecule has 0 fully saturated rings. The number of rotatable bonds is 4. The number of aliphatic hydroxyl groups excluding tert-OH is 1. The van der Waals surface area contributed by atoms with Gasteiger partial charge in [0.1, 0.15) is 34.6 Å². The van der Waals surface area contributed by atoms with E-state index in [1.54, 1.807) is 0 Å². The van der Waals surface area contributed by atoms with Crippen LogP contribution in [0.1, 0.15) is 5.76 Å². The molecule has 3 rings (SSSR count). The van der Waals surface area contributed by atoms with Gasteiger partial charge in [0, 0.05) is 11.1 Å². The van der Waals surface area contributed by atoms with Gasteiger partial charge in [0.25, 0.3) is 0 Å². The first-order valence-corrected chi connectivity index (χ1v) is 8.64. The summed E-state index contributed by atoms with van der Waals surface area (Å²) in [5, 5.41) is 17.9. The molecular weight excluding hydrogens is 373 g/mol. The summed E-state index contributed by atoms with van der Waals surface area (Å²) in [7, 11) is -4.48. The second-order valence-corrected chi connectivity index (χ2v) is 6.84. The average Bonchev–Trinajstić information content (AvgIpc) is 2.99. The number of hydrogen-bond donors (Lipinski definition) is 2. The van der Waals surface area contributed by atoms with Gasteiger partial charge in [-0.25, -0.2) is 26.7 Å². The van der Waals surface area contributed by atoms with Crippen LogP contribution in [0, 0.1) is 17.5 Å². The average molecular weight is 384 g/mol. The molecule has 0 unspecified atom stereocenters. The van der Waals surface area contributed by atoms with Crippen molar-refractivity contribution in [3.63, 3.8) is 0 Å². The molecule has 3 aromatic rings. The number of nitrogens with zero attached hydrogens (tertiary/aromatic N) is 1. The van der Waals surface area contributed by atoms with E-state index in [-0.39, 0.29) is 22.6 Å². The van der Waals surface area contributed by atoms with Crippen molar-refractivity contribution in [3.05, 3.63) is 59.6 Å². The third-order valence-corrected chi connectivity index (χ3v) is 4.53. The highest BCUT2D eigenvalue weighted by atomic mass is 32.2. The van der Waals surface area contributed by atoms with Crippen LogP contribution in [0.5, 0.6) is 0 Å². The molecule has 0 radical (unpaired) electrons. The van der Waals surface area contributed by atoms with Crippen LogP contribution in [0.4, 0.5) is 13.2 Å². The zero-order chi connectivity index (χ0) is 19.1. The van der Waals surface area contributed by atoms with E-state index in [9.17, 15) is 26.7 Å². The Bertz CT molecular complexity index is 1100. The molecule has 0 atom stereocenters. The lowest BCUT2D eigenvalue weighted by molar-refractivity contribution is 0.230. The molecule has 0 spiro atoms. The Morgan fingerprint density at radius 3 is 2.46 bits per heavy atom. The summed E-state index contributed by atoms with van der Waals surface area (Å²) in [5.41, 5.74) is -0.399. The van der Waals surface area contributed by atoms with Gasteiger partial charge in [-0.1, -0.05) is 17.3 Å². The molecule has 0 amide bonds. The molecule has 0 aliphatic heterocycles. The smallest absolute Gasteiger partial charge is 0.241 e. The van der Waals surface area contributed by atoms with Crippen LogP contribution in [-0.2, 0) is 16.6 Å². The van der Waals surface area contributed by atoms with Gasteiger partial charge in [0.15, 0.2) is 5.76 Å². The Hall–Kier alpha value is -2.69. The zero-order valence-corrected chi connectivity index (χ0v) is 13.7. The Morgan fingerprint density at radius 2 is 1.85 bits per heavy atom. The fraction of sp³-hybridized carbons (Fsp3) is 0.0625. The third-order valence-electron chi connectivity index (χ3n) is 3.60. The lowest BCUT2D eigenvalue weighted by Crippen LogP contribution is -2.14. The molecule has 10 heteroatoms. The SMILES string of the molecule is NS(=O)(=O)c1cc(F)c(-c2c(-c3cccc(F)c3)noc2CO)cc1F. The van der Waals surface area contributed by atoms with Gasteiger partial charge < -0.3 is 9.63 Å². The minimum absolute atomic E-state index is 0.0461. The van der Waals surface area contributed by atoms with Crippen LogP contribution in [-0.4, -0.2) is 18.7 Å². The lowest BCUT2D eigenvalue weighted by Gasteiger charge is -2.08. The Labute approximate surface area is 145 Å². The number of halogens is 3. The first-order chi connectivity index (χ1) is 12.2. The van der Waals surface area contributed by atoms with E-state index < -0.39 is 44.5 Å². The summed E-state index contributed by atoms with van der Waals surface area (Å²) in [6.45, 7) is -0.699. The van der Waals surface area contributed by atoms with E-state index in [4.69, 9.17) is 9.66 Å². The van der Waals surface area contributed by atoms with E-state index in [0.29, 0.717) is 12.1 Å². The second kappa shape index (κ2) is 6.56. The number of primary sulfonamides is 1. The minimum Gasteiger partial charge on any atom is -0.388 e. The molecule has 0 saturated heterocycles. The maximum Gasteiger partial charge on any atom is 0.241 e. The largest absolute Gasteiger partial charge is 0.388 e. The summed E-state index contributed by atoms with van der Waals surface area (Å²) in [6, 6.07) is 6.13. The van der Waals surface area contributed by atoms with E-state index in [1.165, 1.54) is 18.2 Å². The van der Waals surface area contributed by atoms with Crippen LogP contribution in [0.2, 0.25) is 0 Å². The van der Waals surface area contributed by atoms with E-state index in [1.807, 2.05) is 0 Å². The predicted octanol–water partition coefficient (Wildman–Crippen LogP) is 2.57. The summed E-state index contributed by atoms with van der Waals surface area (Å²) in [4.78, 5) is -1.02. The highest BCUT2D eigenvalue weighted by Gasteiger charge is 2.25. The monoisotopic (exact) mass is 384 g/mol. The van der Waals surface area contributed by atoms with Crippen molar-refractivity contribution >= 4 is 10.0 Å². The first-order valence-electron chi connectivity index (χ1n) is 7.10. The molecule has 0 saturated carbocycles. The summed E-state index contributed by atoms with van der Waals surface area (Å²) >= 11 is 0. The van der Waals surface area contributed by atoms with Crippen molar-refractivity contribution in [3.8, 4) is 22.4 Å². The Morgan fingerprint density at radius 1 is 1.12 bits per heavy atom. The first kappa shape index (κ1) is 18.1. The second-order valence-electron chi connectivity index (χ2n) is 5.31. The maximum absolute atomic E-state index is 14.5. The van der Waals surface area contributed by atoms with Gasteiger partial charge >= 0.3 is 0 Å². The fourth-order valence-corrected chi connectivity index (χ4v) is 3.08. The molecule has 0 aliphatic carbocycles. The molecule has 0 bridgehead atoms. The summed E-state index contributed by atoms with van der Waals surface area (Å²) in [5.74, 6) is -3.23. The van der Waals surface area contributed by atoms with Gasteiger partial charge in [-0.3, -0.25) is 0 Å². The van der Waals surface area contributed by atoms with Crippen molar-refractivity contribution in [2.75, 3.05) is 0 Å². The topological polar surface area (TPSA) is 106 Å². The van der Waals surface area contributed by atoms with E-state index in [2.05, 4.69) is 5.16 Å². The third kappa shape index (κ3) is 3.21. The molecule has 26 heavy (non-hydrogen) atoms. The van der Waals surface area contributed by atoms with Crippen LogP contribution < -0.4 is 5.14 Å². The van der Waals surface area contributed by atoms with Gasteiger partial charge in [-0.15, -0.1) is 0 Å². The number of sulfonamides is 1. The van der Waals surface area contributed by atoms with E-state index in [0.717, 1.165) is 6.07 Å². The quantitative estimate of drug-likeness (QED) is 0.719. The van der Waals surface area contributed by atoms with Gasteiger partial charge in [-0.2, -0.15) is 0 Å². The molecule has 0 aliphatic rings. The van der Waals surface area contributed by atoms with Gasteiger partial charge in [0.05, 0.1) is 5.56 Å². The van der Waals surface area contributed by atoms with Crippen molar-refractivity contribution in [2.45, 2.75) is 11.5 Å². The molecule has 2 aromatic carbocycles. The maximum atomic E-state index is 14.5. The highest BCUT2D eigenvalue weighted by molar-refractivity contribution is 7.89. The summed E-state index contributed by atoms with van der Waals surface area (Å²) in [6.07, 6.45) is 0. The molecular formula is C16H11F3N2O4S. The van der Waals surface area contributed by atoms with Crippen molar-refractivity contribution in [1.29, 1.82) is 0 Å². The Balaban J connectivity index is 2.28. The molecule has 6 nitrogen and oxygen atoms in total. The number of aliphatic hydroxyl groups is 1. The van der Waals surface area contributed by atoms with Crippen LogP contribution in [0.25, 0.3) is 22.4 Å². The predicted molar refractivity (Wildman–Crippen MR) is 84.5 cm³/mol. The number of aromatic nitrogens is 1. The van der Waals surface area contributed by atoms with Crippen LogP contribution in [0.3, 0.4) is 0 Å². The number of nitrogens with two attached hydrogens (primary N) is 1. The van der Waals surface area contributed by atoms with Crippen LogP contribution >= 0.6 is 0 Å². The molecule has 3 N–H and O–H groups in total. The minimum atomic E-state index is -4.48. The molecule has 136 valence electrons. The zero-order valence-electron chi connectivity index (χ0n) is 12.9. The Kier molecular flexibility index (Phi) is 4.57. The van der Waals surface area contributed by atoms with E-state index >= 15 is 0 Å². The standard InChI is InChI=1S/C16H11F3N2O4S/c17-9-3-1-2-8(4-9)16-15(13(7-22)25-21-16)10-5-12(19)14(6-11(10)18)26(20,23)24/h1-6,22H,7H2,(H2,20,23,24). The van der Waals surface area contributed by atoms with Crippen molar-refractivity contribution in [2.24, 2.45) is 5.14 Å². The van der Waals surface area contributed by atoms with Crippen LogP contribution in [0.15, 0.2) is 45.8 Å². The highest BCUT2D eigenvalue weighted by Crippen LogP contribution is 2.37. The number of hydrogen-bond acceptors (Lipinski definition) is 5. The van der Waals surface area contributed by atoms with Crippen molar-refractivity contribution < 1.29 is 31.2 Å². The van der Waals surface area contributed by atoms with Gasteiger partial charge in [-0.05, 0) is 24.3 Å². The van der Waals surface area contributed by atoms with Crippen molar-refractivity contribution in [1.82, 2.24) is 5.16 Å². The van der Waals surface area contributed by atoms with Gasteiger partial charge in [0.2, 0.25) is 10.0 Å². The lowest BCUT2D eigenvalue weighted by atomic mass is 9.98. The molecule has 1 heterocycles. The molecule has 1 aromatic heterocycles. The summed E-state index contributed by atoms with van der Waals surface area (Å²) < 4.78 is 69.7. The fourth-order valence-electron chi connectivity index (χ4n) is 2.48. The number of benzene rings is 2. The normalized spacial score (nSPS) is 11.7.